The van der Waals surface area contributed by atoms with Crippen molar-refractivity contribution in [2.45, 2.75) is 6.92 Å². The number of methoxy groups -OCH3 is 1. The molecule has 1 nitrogen and oxygen atoms in total. The van der Waals surface area contributed by atoms with Gasteiger partial charge in [-0.1, -0.05) is 29.8 Å². The summed E-state index contributed by atoms with van der Waals surface area (Å²) < 4.78 is 4.85. The van der Waals surface area contributed by atoms with Gasteiger partial charge in [0, 0.05) is 17.7 Å². The van der Waals surface area contributed by atoms with Gasteiger partial charge in [-0.2, -0.15) is 0 Å². The van der Waals surface area contributed by atoms with Crippen molar-refractivity contribution in [1.29, 1.82) is 0 Å². The first-order chi connectivity index (χ1) is 5.25. The second-order valence-electron chi connectivity index (χ2n) is 2.33. The first-order valence-corrected chi connectivity index (χ1v) is 3.74. The fourth-order valence-corrected chi connectivity index (χ4v) is 1.06. The maximum atomic E-state index is 5.96. The molecule has 0 atom stereocenters. The quantitative estimate of drug-likeness (QED) is 0.662. The molecule has 0 N–H and O–H groups in total. The molecule has 0 amide bonds. The summed E-state index contributed by atoms with van der Waals surface area (Å²) in [4.78, 5) is 0. The van der Waals surface area contributed by atoms with Gasteiger partial charge in [-0.3, -0.25) is 0 Å². The van der Waals surface area contributed by atoms with Gasteiger partial charge >= 0.3 is 0 Å². The average molecular weight is 170 g/mol. The second kappa shape index (κ2) is 3.74. The second-order valence-corrected chi connectivity index (χ2v) is 2.71. The van der Waals surface area contributed by atoms with Crippen LogP contribution in [0.25, 0.3) is 0 Å². The Hall–Kier alpha value is -0.530. The molecule has 0 fully saturated rings. The fraction of sp³-hybridized carbons (Fsp3) is 0.222. The Morgan fingerprint density at radius 1 is 1.45 bits per heavy atom. The minimum Gasteiger partial charge on any atom is -0.374 e. The number of rotatable bonds is 2. The Bertz CT molecular complexity index is 245. The topological polar surface area (TPSA) is 9.23 Å². The van der Waals surface area contributed by atoms with E-state index in [1.54, 1.807) is 13.7 Å². The molecule has 1 aromatic carbocycles. The van der Waals surface area contributed by atoms with Crippen LogP contribution in [-0.4, -0.2) is 7.11 Å². The summed E-state index contributed by atoms with van der Waals surface area (Å²) in [5.41, 5.74) is 1.99. The Morgan fingerprint density at radius 3 is 2.82 bits per heavy atom. The lowest BCUT2D eigenvalue weighted by atomic mass is 10.1. The SMILES string of the molecule is CO[CH]c1cccc(C)c1Cl. The van der Waals surface area contributed by atoms with Gasteiger partial charge in [0.05, 0.1) is 0 Å². The monoisotopic (exact) mass is 169 g/mol. The van der Waals surface area contributed by atoms with Crippen molar-refractivity contribution < 1.29 is 4.74 Å². The van der Waals surface area contributed by atoms with E-state index in [0.29, 0.717) is 0 Å². The van der Waals surface area contributed by atoms with Crippen LogP contribution < -0.4 is 0 Å². The number of hydrogen-bond donors (Lipinski definition) is 0. The minimum atomic E-state index is 0.759. The summed E-state index contributed by atoms with van der Waals surface area (Å²) >= 11 is 5.96. The Balaban J connectivity index is 2.96. The maximum Gasteiger partial charge on any atom is 0.114 e. The van der Waals surface area contributed by atoms with E-state index >= 15 is 0 Å². The molecule has 1 radical (unpaired) electrons. The van der Waals surface area contributed by atoms with Crippen molar-refractivity contribution in [3.8, 4) is 0 Å². The molecule has 1 aromatic rings. The first-order valence-electron chi connectivity index (χ1n) is 3.37. The molecule has 0 aliphatic rings. The third-order valence-corrected chi connectivity index (χ3v) is 1.98. The number of aryl methyl sites for hydroxylation is 1. The van der Waals surface area contributed by atoms with Crippen LogP contribution in [0.1, 0.15) is 11.1 Å². The summed E-state index contributed by atoms with van der Waals surface area (Å²) in [7, 11) is 1.61. The van der Waals surface area contributed by atoms with E-state index in [2.05, 4.69) is 0 Å². The van der Waals surface area contributed by atoms with Gasteiger partial charge < -0.3 is 4.74 Å². The first kappa shape index (κ1) is 8.57. The van der Waals surface area contributed by atoms with Crippen LogP contribution in [0.15, 0.2) is 18.2 Å². The van der Waals surface area contributed by atoms with Crippen LogP contribution in [0.4, 0.5) is 0 Å². The molecule has 0 saturated heterocycles. The van der Waals surface area contributed by atoms with Crippen molar-refractivity contribution in [1.82, 2.24) is 0 Å². The van der Waals surface area contributed by atoms with E-state index < -0.39 is 0 Å². The van der Waals surface area contributed by atoms with Gasteiger partial charge in [0.25, 0.3) is 0 Å². The molecule has 0 bridgehead atoms. The lowest BCUT2D eigenvalue weighted by Gasteiger charge is -2.03. The number of ether oxygens (including phenoxy) is 1. The van der Waals surface area contributed by atoms with Crippen molar-refractivity contribution in [3.63, 3.8) is 0 Å². The molecule has 2 heteroatoms. The molecular weight excluding hydrogens is 160 g/mol. The number of halogens is 1. The predicted octanol–water partition coefficient (Wildman–Crippen LogP) is 2.80. The van der Waals surface area contributed by atoms with Gasteiger partial charge in [-0.15, -0.1) is 0 Å². The van der Waals surface area contributed by atoms with Gasteiger partial charge in [0.15, 0.2) is 0 Å². The molecule has 0 saturated carbocycles. The van der Waals surface area contributed by atoms with E-state index in [1.807, 2.05) is 25.1 Å². The molecule has 0 heterocycles. The molecular formula is C9H10ClO. The molecule has 11 heavy (non-hydrogen) atoms. The predicted molar refractivity (Wildman–Crippen MR) is 46.6 cm³/mol. The standard InChI is InChI=1S/C9H10ClO/c1-7-4-3-5-8(6-11-2)9(7)10/h3-6H,1-2H3. The highest BCUT2D eigenvalue weighted by Crippen LogP contribution is 2.21. The highest BCUT2D eigenvalue weighted by molar-refractivity contribution is 6.32. The number of hydrogen-bond acceptors (Lipinski definition) is 1. The van der Waals surface area contributed by atoms with Crippen LogP contribution >= 0.6 is 11.6 Å². The van der Waals surface area contributed by atoms with E-state index in [9.17, 15) is 0 Å². The van der Waals surface area contributed by atoms with Crippen molar-refractivity contribution in [3.05, 3.63) is 41.0 Å². The Kier molecular flexibility index (Phi) is 2.92. The average Bonchev–Trinajstić information content (AvgIpc) is 1.99. The van der Waals surface area contributed by atoms with Crippen molar-refractivity contribution in [2.24, 2.45) is 0 Å². The lowest BCUT2D eigenvalue weighted by Crippen LogP contribution is -1.87. The zero-order valence-corrected chi connectivity index (χ0v) is 7.35. The fourth-order valence-electron chi connectivity index (χ4n) is 0.888. The van der Waals surface area contributed by atoms with Crippen LogP contribution in [0.3, 0.4) is 0 Å². The van der Waals surface area contributed by atoms with E-state index in [1.165, 1.54) is 0 Å². The Morgan fingerprint density at radius 2 is 2.18 bits per heavy atom. The molecule has 0 aliphatic carbocycles. The van der Waals surface area contributed by atoms with Crippen molar-refractivity contribution in [2.75, 3.05) is 7.11 Å². The molecule has 0 unspecified atom stereocenters. The van der Waals surface area contributed by atoms with Gasteiger partial charge in [-0.05, 0) is 12.5 Å². The zero-order chi connectivity index (χ0) is 8.27. The third kappa shape index (κ3) is 1.95. The molecule has 0 aromatic heterocycles. The van der Waals surface area contributed by atoms with E-state index in [-0.39, 0.29) is 0 Å². The van der Waals surface area contributed by atoms with Gasteiger partial charge in [-0.25, -0.2) is 0 Å². The summed E-state index contributed by atoms with van der Waals surface area (Å²) in [6.07, 6.45) is 0. The molecule has 0 aliphatic heterocycles. The molecule has 1 rings (SSSR count). The highest BCUT2D eigenvalue weighted by atomic mass is 35.5. The normalized spacial score (nSPS) is 10.1. The Labute approximate surface area is 71.9 Å². The molecule has 0 spiro atoms. The summed E-state index contributed by atoms with van der Waals surface area (Å²) in [5.74, 6) is 0. The third-order valence-electron chi connectivity index (χ3n) is 1.47. The molecule has 59 valence electrons. The van der Waals surface area contributed by atoms with Crippen LogP contribution in [0.2, 0.25) is 5.02 Å². The summed E-state index contributed by atoms with van der Waals surface area (Å²) in [6.45, 7) is 3.60. The summed E-state index contributed by atoms with van der Waals surface area (Å²) in [5, 5.41) is 0.759. The lowest BCUT2D eigenvalue weighted by molar-refractivity contribution is 0.292. The van der Waals surface area contributed by atoms with Crippen LogP contribution in [-0.2, 0) is 4.74 Å². The maximum absolute atomic E-state index is 5.96. The highest BCUT2D eigenvalue weighted by Gasteiger charge is 2.01. The van der Waals surface area contributed by atoms with Gasteiger partial charge in [0.1, 0.15) is 6.61 Å². The smallest absolute Gasteiger partial charge is 0.114 e. The summed E-state index contributed by atoms with van der Waals surface area (Å²) in [6, 6.07) is 5.83. The zero-order valence-electron chi connectivity index (χ0n) is 6.60. The minimum absolute atomic E-state index is 0.759. The van der Waals surface area contributed by atoms with E-state index in [4.69, 9.17) is 16.3 Å². The van der Waals surface area contributed by atoms with Crippen LogP contribution in [0, 0.1) is 13.5 Å². The number of benzene rings is 1. The van der Waals surface area contributed by atoms with Crippen molar-refractivity contribution >= 4 is 11.6 Å². The van der Waals surface area contributed by atoms with Crippen LogP contribution in [0.5, 0.6) is 0 Å². The van der Waals surface area contributed by atoms with Gasteiger partial charge in [0.2, 0.25) is 0 Å². The largest absolute Gasteiger partial charge is 0.374 e. The van der Waals surface area contributed by atoms with E-state index in [0.717, 1.165) is 16.1 Å².